The molecule has 1 fully saturated rings. The van der Waals surface area contributed by atoms with Crippen LogP contribution < -0.4 is 10.6 Å². The third kappa shape index (κ3) is 4.24. The Labute approximate surface area is 217 Å². The molecule has 3 N–H and O–H groups in total. The van der Waals surface area contributed by atoms with Gasteiger partial charge in [-0.05, 0) is 17.5 Å². The van der Waals surface area contributed by atoms with Gasteiger partial charge in [0.25, 0.3) is 0 Å². The molecular formula is C23H23ClN10O2S. The van der Waals surface area contributed by atoms with Gasteiger partial charge in [-0.25, -0.2) is 28.1 Å². The van der Waals surface area contributed by atoms with Crippen molar-refractivity contribution in [1.29, 1.82) is 0 Å². The van der Waals surface area contributed by atoms with Crippen molar-refractivity contribution in [1.82, 2.24) is 39.2 Å². The van der Waals surface area contributed by atoms with Crippen LogP contribution in [-0.4, -0.2) is 80.1 Å². The van der Waals surface area contributed by atoms with E-state index < -0.39 is 10.0 Å². The molecule has 5 aromatic rings. The first-order chi connectivity index (χ1) is 17.8. The van der Waals surface area contributed by atoms with Crippen LogP contribution in [0.2, 0.25) is 5.02 Å². The van der Waals surface area contributed by atoms with Gasteiger partial charge in [-0.3, -0.25) is 5.10 Å². The lowest BCUT2D eigenvalue weighted by molar-refractivity contribution is 0.387. The first kappa shape index (κ1) is 23.6. The lowest BCUT2D eigenvalue weighted by atomic mass is 10.1. The van der Waals surface area contributed by atoms with E-state index in [2.05, 4.69) is 25.1 Å². The number of aromatic amines is 1. The Hall–Kier alpha value is -3.81. The van der Waals surface area contributed by atoms with E-state index in [1.54, 1.807) is 17.1 Å². The Kier molecular flexibility index (Phi) is 5.70. The van der Waals surface area contributed by atoms with Crippen LogP contribution in [0.5, 0.6) is 0 Å². The number of nitrogen functional groups attached to an aromatic ring is 1. The van der Waals surface area contributed by atoms with Crippen molar-refractivity contribution < 1.29 is 8.42 Å². The Balaban J connectivity index is 1.43. The van der Waals surface area contributed by atoms with Crippen molar-refractivity contribution in [2.45, 2.75) is 6.54 Å². The Bertz CT molecular complexity index is 1730. The number of benzene rings is 1. The zero-order valence-electron chi connectivity index (χ0n) is 19.8. The molecule has 37 heavy (non-hydrogen) atoms. The van der Waals surface area contributed by atoms with Gasteiger partial charge in [-0.2, -0.15) is 14.5 Å². The lowest BCUT2D eigenvalue weighted by Gasteiger charge is -2.34. The van der Waals surface area contributed by atoms with Crippen LogP contribution >= 0.6 is 11.6 Å². The minimum atomic E-state index is -3.25. The van der Waals surface area contributed by atoms with Gasteiger partial charge in [0.15, 0.2) is 5.65 Å². The van der Waals surface area contributed by atoms with Gasteiger partial charge in [0.1, 0.15) is 23.7 Å². The van der Waals surface area contributed by atoms with Crippen molar-refractivity contribution in [2.75, 3.05) is 43.1 Å². The van der Waals surface area contributed by atoms with Crippen molar-refractivity contribution >= 4 is 55.1 Å². The number of nitrogens with one attached hydrogen (secondary N) is 1. The molecule has 0 atom stereocenters. The number of hydrogen-bond donors (Lipinski definition) is 2. The molecule has 190 valence electrons. The van der Waals surface area contributed by atoms with Gasteiger partial charge in [0, 0.05) is 43.3 Å². The second-order valence-electron chi connectivity index (χ2n) is 8.87. The number of halogens is 1. The zero-order chi connectivity index (χ0) is 25.7. The van der Waals surface area contributed by atoms with Crippen molar-refractivity contribution in [3.63, 3.8) is 0 Å². The molecule has 5 heterocycles. The smallest absolute Gasteiger partial charge is 0.211 e. The summed E-state index contributed by atoms with van der Waals surface area (Å²) in [6.07, 6.45) is 6.05. The summed E-state index contributed by atoms with van der Waals surface area (Å²) in [4.78, 5) is 15.7. The average molecular weight is 539 g/mol. The number of pyridine rings is 1. The standard InChI is InChI=1S/C23H23ClN10O2S/c1-37(35,36)33-7-5-32(6-8-33)23-18-14(3-2-4-17(18)24)9-16(30-23)12-34-22-19(21(25)26-13-27-22)20(31-34)15-10-28-29-11-15/h2-4,9-11,13H,5-8,12H2,1H3,(H,28,29)(H2,25,26,27). The summed E-state index contributed by atoms with van der Waals surface area (Å²) >= 11 is 6.62. The summed E-state index contributed by atoms with van der Waals surface area (Å²) in [6, 6.07) is 7.70. The summed E-state index contributed by atoms with van der Waals surface area (Å²) in [5.41, 5.74) is 8.93. The predicted octanol–water partition coefficient (Wildman–Crippen LogP) is 2.13. The molecule has 1 saturated heterocycles. The van der Waals surface area contributed by atoms with Crippen molar-refractivity contribution in [3.8, 4) is 11.3 Å². The zero-order valence-corrected chi connectivity index (χ0v) is 21.4. The Morgan fingerprint density at radius 2 is 1.95 bits per heavy atom. The fraction of sp³-hybridized carbons (Fsp3) is 0.261. The van der Waals surface area contributed by atoms with E-state index in [9.17, 15) is 8.42 Å². The van der Waals surface area contributed by atoms with Crippen LogP contribution in [0.25, 0.3) is 33.1 Å². The average Bonchev–Trinajstić information content (AvgIpc) is 3.52. The van der Waals surface area contributed by atoms with Crippen molar-refractivity contribution in [3.05, 3.63) is 53.7 Å². The maximum atomic E-state index is 12.0. The van der Waals surface area contributed by atoms with Crippen LogP contribution in [0.3, 0.4) is 0 Å². The summed E-state index contributed by atoms with van der Waals surface area (Å²) < 4.78 is 27.2. The van der Waals surface area contributed by atoms with Gasteiger partial charge in [0.2, 0.25) is 10.0 Å². The maximum absolute atomic E-state index is 12.0. The highest BCUT2D eigenvalue weighted by Crippen LogP contribution is 2.34. The highest BCUT2D eigenvalue weighted by molar-refractivity contribution is 7.88. The fourth-order valence-corrected chi connectivity index (χ4v) is 5.81. The molecule has 4 aromatic heterocycles. The molecule has 0 unspecified atom stereocenters. The van der Waals surface area contributed by atoms with E-state index in [1.807, 2.05) is 24.3 Å². The molecular weight excluding hydrogens is 516 g/mol. The summed E-state index contributed by atoms with van der Waals surface area (Å²) in [6.45, 7) is 2.09. The highest BCUT2D eigenvalue weighted by Gasteiger charge is 2.26. The molecule has 14 heteroatoms. The van der Waals surface area contributed by atoms with Crippen LogP contribution in [0, 0.1) is 0 Å². The minimum absolute atomic E-state index is 0.323. The number of sulfonamides is 1. The number of anilines is 2. The number of H-pyrrole nitrogens is 1. The van der Waals surface area contributed by atoms with E-state index in [0.29, 0.717) is 66.1 Å². The quantitative estimate of drug-likeness (QED) is 0.342. The van der Waals surface area contributed by atoms with Crippen LogP contribution in [-0.2, 0) is 16.6 Å². The van der Waals surface area contributed by atoms with Gasteiger partial charge in [0.05, 0.1) is 35.1 Å². The third-order valence-corrected chi connectivity index (χ3v) is 8.11. The number of nitrogens with two attached hydrogens (primary N) is 1. The highest BCUT2D eigenvalue weighted by atomic mass is 35.5. The van der Waals surface area contributed by atoms with Crippen molar-refractivity contribution in [2.24, 2.45) is 0 Å². The summed E-state index contributed by atoms with van der Waals surface area (Å²) in [5.74, 6) is 1.04. The first-order valence-corrected chi connectivity index (χ1v) is 13.8. The third-order valence-electron chi connectivity index (χ3n) is 6.49. The molecule has 0 radical (unpaired) electrons. The Morgan fingerprint density at radius 1 is 1.14 bits per heavy atom. The summed E-state index contributed by atoms with van der Waals surface area (Å²) in [5, 5.41) is 14.6. The number of hydrogen-bond acceptors (Lipinski definition) is 9. The monoisotopic (exact) mass is 538 g/mol. The second kappa shape index (κ2) is 8.94. The Morgan fingerprint density at radius 3 is 2.68 bits per heavy atom. The number of aromatic nitrogens is 7. The van der Waals surface area contributed by atoms with Crippen LogP contribution in [0.1, 0.15) is 5.69 Å². The number of rotatable bonds is 5. The topological polar surface area (TPSA) is 152 Å². The molecule has 0 spiro atoms. The predicted molar refractivity (Wildman–Crippen MR) is 142 cm³/mol. The second-order valence-corrected chi connectivity index (χ2v) is 11.3. The molecule has 1 aromatic carbocycles. The molecule has 6 rings (SSSR count). The number of piperazine rings is 1. The normalized spacial score (nSPS) is 15.1. The van der Waals surface area contributed by atoms with E-state index in [-0.39, 0.29) is 0 Å². The fourth-order valence-electron chi connectivity index (χ4n) is 4.72. The molecule has 0 saturated carbocycles. The van der Waals surface area contributed by atoms with E-state index in [0.717, 1.165) is 22.0 Å². The molecule has 1 aliphatic rings. The van der Waals surface area contributed by atoms with Gasteiger partial charge in [-0.1, -0.05) is 23.7 Å². The molecule has 12 nitrogen and oxygen atoms in total. The molecule has 0 amide bonds. The first-order valence-electron chi connectivity index (χ1n) is 11.5. The van der Waals surface area contributed by atoms with Crippen LogP contribution in [0.15, 0.2) is 43.0 Å². The van der Waals surface area contributed by atoms with E-state index in [4.69, 9.17) is 27.4 Å². The maximum Gasteiger partial charge on any atom is 0.211 e. The summed E-state index contributed by atoms with van der Waals surface area (Å²) in [7, 11) is -3.25. The lowest BCUT2D eigenvalue weighted by Crippen LogP contribution is -2.48. The van der Waals surface area contributed by atoms with Gasteiger partial charge < -0.3 is 10.6 Å². The van der Waals surface area contributed by atoms with Crippen LogP contribution in [0.4, 0.5) is 11.6 Å². The number of nitrogens with zero attached hydrogens (tertiary/aromatic N) is 8. The molecule has 0 aliphatic carbocycles. The number of fused-ring (bicyclic) bond motifs is 2. The minimum Gasteiger partial charge on any atom is -0.383 e. The molecule has 1 aliphatic heterocycles. The molecule has 0 bridgehead atoms. The van der Waals surface area contributed by atoms with Gasteiger partial charge in [-0.15, -0.1) is 0 Å². The SMILES string of the molecule is CS(=O)(=O)N1CCN(c2nc(Cn3nc(-c4cn[nH]c4)c4c(N)ncnc43)cc3cccc(Cl)c23)CC1. The van der Waals surface area contributed by atoms with Gasteiger partial charge >= 0.3 is 0 Å². The van der Waals surface area contributed by atoms with E-state index >= 15 is 0 Å². The largest absolute Gasteiger partial charge is 0.383 e. The van der Waals surface area contributed by atoms with E-state index in [1.165, 1.54) is 16.9 Å².